The minimum atomic E-state index is 0.741. The Hall–Kier alpha value is -1.82. The fraction of sp³-hybridized carbons (Fsp3) is 0.333. The summed E-state index contributed by atoms with van der Waals surface area (Å²) in [5.41, 5.74) is 2.22. The van der Waals surface area contributed by atoms with E-state index in [0.717, 1.165) is 34.9 Å². The molecule has 2 aromatic rings. The van der Waals surface area contributed by atoms with Gasteiger partial charge in [0.25, 0.3) is 0 Å². The van der Waals surface area contributed by atoms with Gasteiger partial charge in [-0.3, -0.25) is 0 Å². The summed E-state index contributed by atoms with van der Waals surface area (Å²) in [6.45, 7) is 6.33. The topological polar surface area (TPSA) is 53.1 Å². The normalized spacial score (nSPS) is 10.3. The van der Waals surface area contributed by atoms with Gasteiger partial charge >= 0.3 is 0 Å². The zero-order valence-electron chi connectivity index (χ0n) is 12.5. The van der Waals surface area contributed by atoms with E-state index in [4.69, 9.17) is 0 Å². The molecule has 0 aliphatic heterocycles. The molecule has 1 aromatic carbocycles. The monoisotopic (exact) mass is 349 g/mol. The molecule has 0 fully saturated rings. The summed E-state index contributed by atoms with van der Waals surface area (Å²) in [4.78, 5) is 10.7. The molecule has 0 spiro atoms. The third kappa shape index (κ3) is 3.64. The van der Waals surface area contributed by atoms with Crippen LogP contribution in [0, 0.1) is 0 Å². The van der Waals surface area contributed by atoms with Crippen LogP contribution in [0.5, 0.6) is 0 Å². The van der Waals surface area contributed by atoms with Crippen molar-refractivity contribution in [3.63, 3.8) is 0 Å². The molecule has 6 heteroatoms. The van der Waals surface area contributed by atoms with Crippen LogP contribution in [-0.2, 0) is 0 Å². The summed E-state index contributed by atoms with van der Waals surface area (Å²) in [5, 5.41) is 6.31. The number of benzene rings is 1. The van der Waals surface area contributed by atoms with Crippen molar-refractivity contribution in [3.05, 3.63) is 35.1 Å². The van der Waals surface area contributed by atoms with E-state index in [1.165, 1.54) is 12.0 Å². The second kappa shape index (κ2) is 7.26. The lowest BCUT2D eigenvalue weighted by Crippen LogP contribution is -2.21. The van der Waals surface area contributed by atoms with E-state index >= 15 is 0 Å². The van der Waals surface area contributed by atoms with Crippen molar-refractivity contribution in [3.8, 4) is 0 Å². The smallest absolute Gasteiger partial charge is 0.150 e. The van der Waals surface area contributed by atoms with Gasteiger partial charge in [-0.05, 0) is 54.0 Å². The Morgan fingerprint density at radius 1 is 1.05 bits per heavy atom. The van der Waals surface area contributed by atoms with Crippen LogP contribution in [0.3, 0.4) is 0 Å². The number of aromatic nitrogens is 2. The highest BCUT2D eigenvalue weighted by atomic mass is 79.9. The maximum Gasteiger partial charge on any atom is 0.150 e. The molecule has 21 heavy (non-hydrogen) atoms. The van der Waals surface area contributed by atoms with Gasteiger partial charge in [0.15, 0.2) is 0 Å². The van der Waals surface area contributed by atoms with Gasteiger partial charge in [0, 0.05) is 31.5 Å². The minimum Gasteiger partial charge on any atom is -0.372 e. The lowest BCUT2D eigenvalue weighted by atomic mass is 10.2. The van der Waals surface area contributed by atoms with E-state index in [9.17, 15) is 0 Å². The summed E-state index contributed by atoms with van der Waals surface area (Å²) in [7, 11) is 1.83. The number of hydrogen-bond donors (Lipinski definition) is 2. The van der Waals surface area contributed by atoms with Crippen molar-refractivity contribution in [2.45, 2.75) is 13.8 Å². The van der Waals surface area contributed by atoms with Crippen molar-refractivity contribution in [1.82, 2.24) is 9.97 Å². The van der Waals surface area contributed by atoms with Crippen LogP contribution in [-0.4, -0.2) is 30.1 Å². The molecule has 1 aromatic heterocycles. The highest BCUT2D eigenvalue weighted by Crippen LogP contribution is 2.29. The number of halogens is 1. The van der Waals surface area contributed by atoms with Crippen LogP contribution in [0.1, 0.15) is 13.8 Å². The molecule has 0 amide bonds. The van der Waals surface area contributed by atoms with Gasteiger partial charge < -0.3 is 15.5 Å². The number of anilines is 4. The maximum absolute atomic E-state index is 4.25. The average Bonchev–Trinajstić information content (AvgIpc) is 2.52. The Morgan fingerprint density at radius 2 is 1.67 bits per heavy atom. The molecule has 0 saturated heterocycles. The van der Waals surface area contributed by atoms with Crippen LogP contribution in [0.25, 0.3) is 0 Å². The highest BCUT2D eigenvalue weighted by molar-refractivity contribution is 9.10. The molecular weight excluding hydrogens is 330 g/mol. The molecule has 0 aliphatic rings. The van der Waals surface area contributed by atoms with E-state index in [0.29, 0.717) is 0 Å². The number of hydrogen-bond acceptors (Lipinski definition) is 5. The molecule has 2 rings (SSSR count). The first kappa shape index (κ1) is 15.6. The Morgan fingerprint density at radius 3 is 2.24 bits per heavy atom. The molecule has 1 heterocycles. The maximum atomic E-state index is 4.25. The predicted octanol–water partition coefficient (Wildman–Crippen LogP) is 3.87. The van der Waals surface area contributed by atoms with Gasteiger partial charge in [-0.1, -0.05) is 0 Å². The lowest BCUT2D eigenvalue weighted by Gasteiger charge is -2.21. The van der Waals surface area contributed by atoms with Crippen LogP contribution in [0.15, 0.2) is 35.1 Å². The van der Waals surface area contributed by atoms with E-state index in [1.54, 1.807) is 0 Å². The Kier molecular flexibility index (Phi) is 5.38. The van der Waals surface area contributed by atoms with Crippen LogP contribution in [0.2, 0.25) is 0 Å². The van der Waals surface area contributed by atoms with Crippen LogP contribution >= 0.6 is 15.9 Å². The van der Waals surface area contributed by atoms with Gasteiger partial charge in [-0.15, -0.1) is 0 Å². The van der Waals surface area contributed by atoms with Gasteiger partial charge in [0.2, 0.25) is 0 Å². The highest BCUT2D eigenvalue weighted by Gasteiger charge is 2.08. The Labute approximate surface area is 133 Å². The molecular formula is C15H20BrN5. The minimum absolute atomic E-state index is 0.741. The molecule has 0 atom stereocenters. The third-order valence-corrected chi connectivity index (χ3v) is 4.04. The summed E-state index contributed by atoms with van der Waals surface area (Å²) >= 11 is 3.50. The summed E-state index contributed by atoms with van der Waals surface area (Å²) < 4.78 is 0.820. The lowest BCUT2D eigenvalue weighted by molar-refractivity contribution is 0.866. The quantitative estimate of drug-likeness (QED) is 0.828. The van der Waals surface area contributed by atoms with Crippen molar-refractivity contribution in [2.24, 2.45) is 0 Å². The van der Waals surface area contributed by atoms with Crippen molar-refractivity contribution < 1.29 is 0 Å². The molecule has 0 bridgehead atoms. The molecule has 2 N–H and O–H groups in total. The van der Waals surface area contributed by atoms with Crippen molar-refractivity contribution >= 4 is 38.9 Å². The molecule has 0 aliphatic carbocycles. The first-order valence-electron chi connectivity index (χ1n) is 6.99. The summed E-state index contributed by atoms with van der Waals surface area (Å²) in [5.74, 6) is 1.50. The number of nitrogens with zero attached hydrogens (tertiary/aromatic N) is 3. The first-order chi connectivity index (χ1) is 10.2. The standard InChI is InChI=1S/C15H20BrN5/c1-4-21(5-2)12-8-6-11(7-9-12)20-15-13(16)14(17-3)18-10-19-15/h6-10H,4-5H2,1-3H3,(H2,17,18,19,20). The fourth-order valence-electron chi connectivity index (χ4n) is 2.11. The second-order valence-electron chi connectivity index (χ2n) is 4.48. The van der Waals surface area contributed by atoms with Crippen LogP contribution < -0.4 is 15.5 Å². The van der Waals surface area contributed by atoms with Gasteiger partial charge in [-0.2, -0.15) is 0 Å². The van der Waals surface area contributed by atoms with Crippen molar-refractivity contribution in [2.75, 3.05) is 35.7 Å². The fourth-order valence-corrected chi connectivity index (χ4v) is 2.61. The number of rotatable bonds is 6. The summed E-state index contributed by atoms with van der Waals surface area (Å²) in [6, 6.07) is 8.34. The predicted molar refractivity (Wildman–Crippen MR) is 92.6 cm³/mol. The van der Waals surface area contributed by atoms with Crippen molar-refractivity contribution in [1.29, 1.82) is 0 Å². The Bertz CT molecular complexity index is 581. The molecule has 112 valence electrons. The molecule has 5 nitrogen and oxygen atoms in total. The van der Waals surface area contributed by atoms with Gasteiger partial charge in [-0.25, -0.2) is 9.97 Å². The largest absolute Gasteiger partial charge is 0.372 e. The molecule has 0 radical (unpaired) electrons. The average molecular weight is 350 g/mol. The van der Waals surface area contributed by atoms with Crippen LogP contribution in [0.4, 0.5) is 23.0 Å². The SMILES string of the molecule is CCN(CC)c1ccc(Nc2ncnc(NC)c2Br)cc1. The van der Waals surface area contributed by atoms with Gasteiger partial charge in [0.05, 0.1) is 0 Å². The van der Waals surface area contributed by atoms with Gasteiger partial charge in [0.1, 0.15) is 22.4 Å². The van der Waals surface area contributed by atoms with E-state index in [-0.39, 0.29) is 0 Å². The molecule has 0 unspecified atom stereocenters. The van der Waals surface area contributed by atoms with E-state index in [1.807, 2.05) is 7.05 Å². The summed E-state index contributed by atoms with van der Waals surface area (Å²) in [6.07, 6.45) is 1.53. The van der Waals surface area contributed by atoms with E-state index < -0.39 is 0 Å². The third-order valence-electron chi connectivity index (χ3n) is 3.28. The second-order valence-corrected chi connectivity index (χ2v) is 5.27. The molecule has 0 saturated carbocycles. The first-order valence-corrected chi connectivity index (χ1v) is 7.79. The number of nitrogens with one attached hydrogen (secondary N) is 2. The van der Waals surface area contributed by atoms with E-state index in [2.05, 4.69) is 79.5 Å². The zero-order valence-corrected chi connectivity index (χ0v) is 14.1. The Balaban J connectivity index is 2.17. The zero-order chi connectivity index (χ0) is 15.2.